The van der Waals surface area contributed by atoms with Crippen molar-refractivity contribution in [2.24, 2.45) is 5.73 Å². The number of nitrogens with two attached hydrogens (primary N) is 1. The number of esters is 1. The molecule has 86 valence electrons. The molecule has 1 amide bonds. The minimum Gasteiger partial charge on any atom is -0.460 e. The van der Waals surface area contributed by atoms with Gasteiger partial charge in [-0.3, -0.25) is 4.79 Å². The van der Waals surface area contributed by atoms with Crippen molar-refractivity contribution in [3.8, 4) is 0 Å². The lowest BCUT2D eigenvalue weighted by atomic mass is 10.1. The van der Waals surface area contributed by atoms with E-state index in [0.29, 0.717) is 12.2 Å². The predicted molar refractivity (Wildman–Crippen MR) is 57.1 cm³/mol. The zero-order valence-electron chi connectivity index (χ0n) is 8.93. The van der Waals surface area contributed by atoms with Gasteiger partial charge in [-0.15, -0.1) is 0 Å². The van der Waals surface area contributed by atoms with Crippen molar-refractivity contribution in [1.29, 1.82) is 0 Å². The molecule has 0 heterocycles. The van der Waals surface area contributed by atoms with Crippen molar-refractivity contribution < 1.29 is 19.1 Å². The monoisotopic (exact) mass is 223 g/mol. The molecule has 1 aromatic carbocycles. The number of hydrogen-bond donors (Lipinski definition) is 1. The van der Waals surface area contributed by atoms with Crippen molar-refractivity contribution >= 4 is 11.9 Å². The summed E-state index contributed by atoms with van der Waals surface area (Å²) in [6, 6.07) is 6.07. The van der Waals surface area contributed by atoms with Crippen LogP contribution in [-0.4, -0.2) is 32.2 Å². The van der Waals surface area contributed by atoms with Crippen LogP contribution in [0.3, 0.4) is 0 Å². The van der Waals surface area contributed by atoms with Crippen molar-refractivity contribution in [2.45, 2.75) is 0 Å². The second-order valence-electron chi connectivity index (χ2n) is 3.07. The fourth-order valence-corrected chi connectivity index (χ4v) is 1.10. The minimum atomic E-state index is -0.577. The van der Waals surface area contributed by atoms with E-state index < -0.39 is 11.9 Å². The van der Waals surface area contributed by atoms with Crippen LogP contribution in [0.1, 0.15) is 20.7 Å². The molecule has 5 heteroatoms. The maximum Gasteiger partial charge on any atom is 0.338 e. The summed E-state index contributed by atoms with van der Waals surface area (Å²) in [4.78, 5) is 22.4. The molecule has 0 aliphatic carbocycles. The Labute approximate surface area is 93.1 Å². The molecule has 0 unspecified atom stereocenters. The van der Waals surface area contributed by atoms with E-state index in [1.54, 1.807) is 12.1 Å². The average molecular weight is 223 g/mol. The number of amides is 1. The Hall–Kier alpha value is -1.88. The maximum atomic E-state index is 11.5. The fraction of sp³-hybridized carbons (Fsp3) is 0.273. The van der Waals surface area contributed by atoms with Crippen LogP contribution in [0.5, 0.6) is 0 Å². The van der Waals surface area contributed by atoms with Crippen LogP contribution in [0.15, 0.2) is 24.3 Å². The molecule has 16 heavy (non-hydrogen) atoms. The molecule has 0 aliphatic rings. The van der Waals surface area contributed by atoms with Crippen molar-refractivity contribution in [3.05, 3.63) is 35.4 Å². The summed E-state index contributed by atoms with van der Waals surface area (Å²) in [6.07, 6.45) is 0. The third kappa shape index (κ3) is 3.36. The summed E-state index contributed by atoms with van der Waals surface area (Å²) >= 11 is 0. The second-order valence-corrected chi connectivity index (χ2v) is 3.07. The molecule has 1 aromatic rings. The molecule has 0 radical (unpaired) electrons. The third-order valence-corrected chi connectivity index (χ3v) is 1.90. The number of hydrogen-bond acceptors (Lipinski definition) is 4. The number of methoxy groups -OCH3 is 1. The number of ether oxygens (including phenoxy) is 2. The van der Waals surface area contributed by atoms with Crippen molar-refractivity contribution in [3.63, 3.8) is 0 Å². The normalized spacial score (nSPS) is 9.81. The van der Waals surface area contributed by atoms with Gasteiger partial charge in [0, 0.05) is 12.7 Å². The average Bonchev–Trinajstić information content (AvgIpc) is 2.29. The number of carbonyl (C=O) groups excluding carboxylic acids is 2. The molecular formula is C11H13NO4. The van der Waals surface area contributed by atoms with Gasteiger partial charge in [-0.05, 0) is 18.2 Å². The van der Waals surface area contributed by atoms with E-state index in [1.165, 1.54) is 19.2 Å². The van der Waals surface area contributed by atoms with Crippen LogP contribution in [-0.2, 0) is 9.47 Å². The van der Waals surface area contributed by atoms with Crippen LogP contribution >= 0.6 is 0 Å². The zero-order chi connectivity index (χ0) is 12.0. The van der Waals surface area contributed by atoms with E-state index in [4.69, 9.17) is 15.2 Å². The van der Waals surface area contributed by atoms with E-state index >= 15 is 0 Å². The summed E-state index contributed by atoms with van der Waals surface area (Å²) in [5.74, 6) is -1.08. The van der Waals surface area contributed by atoms with Crippen LogP contribution in [0, 0.1) is 0 Å². The minimum absolute atomic E-state index is 0.177. The Balaban J connectivity index is 2.68. The fourth-order valence-electron chi connectivity index (χ4n) is 1.10. The van der Waals surface area contributed by atoms with Gasteiger partial charge in [0.05, 0.1) is 12.2 Å². The topological polar surface area (TPSA) is 78.6 Å². The van der Waals surface area contributed by atoms with Gasteiger partial charge in [0.15, 0.2) is 0 Å². The van der Waals surface area contributed by atoms with E-state index in [9.17, 15) is 9.59 Å². The molecule has 0 fully saturated rings. The summed E-state index contributed by atoms with van der Waals surface area (Å²) in [5, 5.41) is 0. The van der Waals surface area contributed by atoms with Crippen LogP contribution in [0.2, 0.25) is 0 Å². The predicted octanol–water partition coefficient (Wildman–Crippen LogP) is 0.589. The first-order chi connectivity index (χ1) is 7.65. The van der Waals surface area contributed by atoms with Crippen LogP contribution in [0.25, 0.3) is 0 Å². The summed E-state index contributed by atoms with van der Waals surface area (Å²) in [7, 11) is 1.52. The van der Waals surface area contributed by atoms with Gasteiger partial charge < -0.3 is 15.2 Å². The SMILES string of the molecule is COCCOC(=O)c1cccc(C(N)=O)c1. The Bertz CT molecular complexity index is 389. The lowest BCUT2D eigenvalue weighted by Gasteiger charge is -2.04. The summed E-state index contributed by atoms with van der Waals surface area (Å²) < 4.78 is 9.63. The maximum absolute atomic E-state index is 11.5. The molecule has 0 atom stereocenters. The van der Waals surface area contributed by atoms with Gasteiger partial charge in [-0.2, -0.15) is 0 Å². The molecular weight excluding hydrogens is 210 g/mol. The quantitative estimate of drug-likeness (QED) is 0.585. The first-order valence-electron chi connectivity index (χ1n) is 4.71. The van der Waals surface area contributed by atoms with Crippen LogP contribution in [0.4, 0.5) is 0 Å². The Kier molecular flexibility index (Phi) is 4.47. The molecule has 0 aromatic heterocycles. The smallest absolute Gasteiger partial charge is 0.338 e. The number of carbonyl (C=O) groups is 2. The number of benzene rings is 1. The van der Waals surface area contributed by atoms with E-state index in [1.807, 2.05) is 0 Å². The molecule has 0 aliphatic heterocycles. The Morgan fingerprint density at radius 2 is 1.94 bits per heavy atom. The lowest BCUT2D eigenvalue weighted by molar-refractivity contribution is 0.0388. The molecule has 1 rings (SSSR count). The third-order valence-electron chi connectivity index (χ3n) is 1.90. The number of rotatable bonds is 5. The highest BCUT2D eigenvalue weighted by atomic mass is 16.6. The largest absolute Gasteiger partial charge is 0.460 e. The van der Waals surface area contributed by atoms with Gasteiger partial charge in [0.25, 0.3) is 0 Å². The first kappa shape index (κ1) is 12.2. The van der Waals surface area contributed by atoms with Crippen molar-refractivity contribution in [2.75, 3.05) is 20.3 Å². The Morgan fingerprint density at radius 3 is 2.56 bits per heavy atom. The highest BCUT2D eigenvalue weighted by molar-refractivity contribution is 5.97. The molecule has 0 spiro atoms. The number of primary amides is 1. The van der Waals surface area contributed by atoms with E-state index in [-0.39, 0.29) is 12.2 Å². The zero-order valence-corrected chi connectivity index (χ0v) is 8.93. The van der Waals surface area contributed by atoms with E-state index in [2.05, 4.69) is 0 Å². The van der Waals surface area contributed by atoms with Gasteiger partial charge in [0.2, 0.25) is 5.91 Å². The second kappa shape index (κ2) is 5.87. The lowest BCUT2D eigenvalue weighted by Crippen LogP contribution is -2.13. The molecule has 5 nitrogen and oxygen atoms in total. The standard InChI is InChI=1S/C11H13NO4/c1-15-5-6-16-11(14)9-4-2-3-8(7-9)10(12)13/h2-4,7H,5-6H2,1H3,(H2,12,13). The molecule has 0 saturated carbocycles. The Morgan fingerprint density at radius 1 is 1.25 bits per heavy atom. The molecule has 0 bridgehead atoms. The van der Waals surface area contributed by atoms with Gasteiger partial charge in [-0.25, -0.2) is 4.79 Å². The highest BCUT2D eigenvalue weighted by Gasteiger charge is 2.09. The van der Waals surface area contributed by atoms with Crippen LogP contribution < -0.4 is 5.73 Å². The first-order valence-corrected chi connectivity index (χ1v) is 4.71. The van der Waals surface area contributed by atoms with Gasteiger partial charge >= 0.3 is 5.97 Å². The van der Waals surface area contributed by atoms with Gasteiger partial charge in [0.1, 0.15) is 6.61 Å². The van der Waals surface area contributed by atoms with Crippen molar-refractivity contribution in [1.82, 2.24) is 0 Å². The molecule has 2 N–H and O–H groups in total. The summed E-state index contributed by atoms with van der Waals surface area (Å²) in [6.45, 7) is 0.511. The van der Waals surface area contributed by atoms with E-state index in [0.717, 1.165) is 0 Å². The summed E-state index contributed by atoms with van der Waals surface area (Å²) in [5.41, 5.74) is 5.67. The van der Waals surface area contributed by atoms with Gasteiger partial charge in [-0.1, -0.05) is 6.07 Å². The molecule has 0 saturated heterocycles. The highest BCUT2D eigenvalue weighted by Crippen LogP contribution is 2.06.